The molecule has 0 saturated carbocycles. The summed E-state index contributed by atoms with van der Waals surface area (Å²) in [6.07, 6.45) is -3.54. The number of hydrogen-bond donors (Lipinski definition) is 1. The highest BCUT2D eigenvalue weighted by Crippen LogP contribution is 2.29. The van der Waals surface area contributed by atoms with E-state index in [-0.39, 0.29) is 30.0 Å². The van der Waals surface area contributed by atoms with Crippen LogP contribution in [0.15, 0.2) is 24.3 Å². The van der Waals surface area contributed by atoms with Crippen molar-refractivity contribution in [1.29, 1.82) is 0 Å². The van der Waals surface area contributed by atoms with E-state index in [1.165, 1.54) is 9.80 Å². The molecule has 4 amide bonds. The fourth-order valence-corrected chi connectivity index (χ4v) is 3.12. The minimum Gasteiger partial charge on any atom is -0.338 e. The second kappa shape index (κ2) is 6.38. The number of halogens is 3. The third-order valence-electron chi connectivity index (χ3n) is 4.45. The van der Waals surface area contributed by atoms with Crippen LogP contribution in [0.25, 0.3) is 0 Å². The van der Waals surface area contributed by atoms with Gasteiger partial charge in [-0.3, -0.25) is 14.5 Å². The van der Waals surface area contributed by atoms with Gasteiger partial charge in [-0.1, -0.05) is 0 Å². The standard InChI is InChI=1S/C16H16F3N3O3/c17-16(18,19)11-3-1-10(2-4-11)14(24)21-7-5-12(6-8-21)22-13(23)9-20-15(22)25/h1-4,12H,5-9H2,(H,20,25). The Hall–Kier alpha value is -2.58. The highest BCUT2D eigenvalue weighted by Gasteiger charge is 2.37. The Bertz CT molecular complexity index is 679. The molecule has 2 saturated heterocycles. The molecule has 0 aliphatic carbocycles. The fourth-order valence-electron chi connectivity index (χ4n) is 3.12. The Balaban J connectivity index is 1.62. The van der Waals surface area contributed by atoms with Gasteiger partial charge in [-0.15, -0.1) is 0 Å². The molecule has 0 unspecified atom stereocenters. The molecule has 1 N–H and O–H groups in total. The second-order valence-electron chi connectivity index (χ2n) is 6.02. The third kappa shape index (κ3) is 3.45. The van der Waals surface area contributed by atoms with Gasteiger partial charge in [-0.25, -0.2) is 4.79 Å². The van der Waals surface area contributed by atoms with Crippen molar-refractivity contribution in [2.45, 2.75) is 25.1 Å². The molecule has 2 fully saturated rings. The average molecular weight is 355 g/mol. The lowest BCUT2D eigenvalue weighted by molar-refractivity contribution is -0.137. The molecule has 9 heteroatoms. The highest BCUT2D eigenvalue weighted by molar-refractivity contribution is 6.02. The lowest BCUT2D eigenvalue weighted by Gasteiger charge is -2.35. The van der Waals surface area contributed by atoms with Crippen LogP contribution in [0.3, 0.4) is 0 Å². The van der Waals surface area contributed by atoms with E-state index < -0.39 is 17.8 Å². The number of benzene rings is 1. The molecule has 2 aliphatic heterocycles. The maximum atomic E-state index is 12.6. The van der Waals surface area contributed by atoms with E-state index in [2.05, 4.69) is 5.32 Å². The number of likely N-dealkylation sites (tertiary alicyclic amines) is 1. The van der Waals surface area contributed by atoms with E-state index in [1.807, 2.05) is 0 Å². The third-order valence-corrected chi connectivity index (χ3v) is 4.45. The number of piperidine rings is 1. The first-order valence-corrected chi connectivity index (χ1v) is 7.84. The number of urea groups is 1. The van der Waals surface area contributed by atoms with E-state index in [0.717, 1.165) is 24.3 Å². The number of nitrogens with one attached hydrogen (secondary N) is 1. The van der Waals surface area contributed by atoms with Crippen LogP contribution in [0.5, 0.6) is 0 Å². The summed E-state index contributed by atoms with van der Waals surface area (Å²) in [5.41, 5.74) is -0.622. The van der Waals surface area contributed by atoms with Crippen molar-refractivity contribution in [3.8, 4) is 0 Å². The lowest BCUT2D eigenvalue weighted by Crippen LogP contribution is -2.49. The summed E-state index contributed by atoms with van der Waals surface area (Å²) in [7, 11) is 0. The fraction of sp³-hybridized carbons (Fsp3) is 0.438. The average Bonchev–Trinajstić information content (AvgIpc) is 2.92. The molecular formula is C16H16F3N3O3. The Morgan fingerprint density at radius 3 is 2.16 bits per heavy atom. The van der Waals surface area contributed by atoms with Crippen LogP contribution in [0, 0.1) is 0 Å². The molecular weight excluding hydrogens is 339 g/mol. The van der Waals surface area contributed by atoms with E-state index >= 15 is 0 Å². The van der Waals surface area contributed by atoms with E-state index in [4.69, 9.17) is 0 Å². The van der Waals surface area contributed by atoms with E-state index in [0.29, 0.717) is 25.9 Å². The number of nitrogens with zero attached hydrogens (tertiary/aromatic N) is 2. The van der Waals surface area contributed by atoms with E-state index in [1.54, 1.807) is 0 Å². The lowest BCUT2D eigenvalue weighted by atomic mass is 10.0. The van der Waals surface area contributed by atoms with Crippen molar-refractivity contribution in [3.05, 3.63) is 35.4 Å². The maximum absolute atomic E-state index is 12.6. The molecule has 6 nitrogen and oxygen atoms in total. The summed E-state index contributed by atoms with van der Waals surface area (Å²) in [6.45, 7) is 0.659. The number of carbonyl (C=O) groups excluding carboxylic acids is 3. The first kappa shape index (κ1) is 17.2. The minimum atomic E-state index is -4.44. The molecule has 0 radical (unpaired) electrons. The molecule has 3 rings (SSSR count). The van der Waals surface area contributed by atoms with Crippen LogP contribution < -0.4 is 5.32 Å². The number of imide groups is 1. The molecule has 2 heterocycles. The SMILES string of the molecule is O=C(c1ccc(C(F)(F)F)cc1)N1CCC(N2C(=O)CNC2=O)CC1. The first-order valence-electron chi connectivity index (χ1n) is 7.84. The number of alkyl halides is 3. The molecule has 1 aromatic carbocycles. The Morgan fingerprint density at radius 2 is 1.68 bits per heavy atom. The van der Waals surface area contributed by atoms with Gasteiger partial charge in [-0.05, 0) is 37.1 Å². The summed E-state index contributed by atoms with van der Waals surface area (Å²) in [5, 5.41) is 2.46. The molecule has 0 aromatic heterocycles. The predicted octanol–water partition coefficient (Wildman–Crippen LogP) is 1.86. The Morgan fingerprint density at radius 1 is 1.08 bits per heavy atom. The predicted molar refractivity (Wildman–Crippen MR) is 80.6 cm³/mol. The summed E-state index contributed by atoms with van der Waals surface area (Å²) >= 11 is 0. The van der Waals surface area contributed by atoms with E-state index in [9.17, 15) is 27.6 Å². The topological polar surface area (TPSA) is 69.7 Å². The monoisotopic (exact) mass is 355 g/mol. The van der Waals surface area contributed by atoms with Gasteiger partial charge < -0.3 is 10.2 Å². The van der Waals surface area contributed by atoms with Gasteiger partial charge in [-0.2, -0.15) is 13.2 Å². The zero-order valence-corrected chi connectivity index (χ0v) is 13.2. The Kier molecular flexibility index (Phi) is 4.40. The largest absolute Gasteiger partial charge is 0.416 e. The van der Waals surface area contributed by atoms with Crippen LogP contribution in [0.1, 0.15) is 28.8 Å². The number of hydrogen-bond acceptors (Lipinski definition) is 3. The van der Waals surface area contributed by atoms with Crippen molar-refractivity contribution in [2.24, 2.45) is 0 Å². The van der Waals surface area contributed by atoms with Crippen LogP contribution in [-0.2, 0) is 11.0 Å². The first-order chi connectivity index (χ1) is 11.8. The van der Waals surface area contributed by atoms with Gasteiger partial charge in [0.2, 0.25) is 5.91 Å². The second-order valence-corrected chi connectivity index (χ2v) is 6.02. The maximum Gasteiger partial charge on any atom is 0.416 e. The zero-order valence-electron chi connectivity index (χ0n) is 13.2. The molecule has 0 bridgehead atoms. The van der Waals surface area contributed by atoms with Gasteiger partial charge >= 0.3 is 12.2 Å². The van der Waals surface area contributed by atoms with Crippen LogP contribution in [0.2, 0.25) is 0 Å². The molecule has 25 heavy (non-hydrogen) atoms. The molecule has 0 atom stereocenters. The van der Waals surface area contributed by atoms with Crippen LogP contribution in [0.4, 0.5) is 18.0 Å². The summed E-state index contributed by atoms with van der Waals surface area (Å²) in [6, 6.07) is 3.41. The van der Waals surface area contributed by atoms with Gasteiger partial charge in [0, 0.05) is 24.7 Å². The van der Waals surface area contributed by atoms with Crippen molar-refractivity contribution in [2.75, 3.05) is 19.6 Å². The smallest absolute Gasteiger partial charge is 0.338 e. The number of carbonyl (C=O) groups is 3. The minimum absolute atomic E-state index is 0.0104. The number of rotatable bonds is 2. The summed E-state index contributed by atoms with van der Waals surface area (Å²) in [4.78, 5) is 38.5. The molecule has 134 valence electrons. The van der Waals surface area contributed by atoms with Gasteiger partial charge in [0.1, 0.15) is 0 Å². The Labute approximate surface area is 141 Å². The number of amides is 4. The summed E-state index contributed by atoms with van der Waals surface area (Å²) < 4.78 is 37.7. The summed E-state index contributed by atoms with van der Waals surface area (Å²) in [5.74, 6) is -0.637. The normalized spacial score (nSPS) is 19.3. The van der Waals surface area contributed by atoms with Crippen molar-refractivity contribution >= 4 is 17.8 Å². The van der Waals surface area contributed by atoms with Crippen molar-refractivity contribution < 1.29 is 27.6 Å². The van der Waals surface area contributed by atoms with Gasteiger partial charge in [0.15, 0.2) is 0 Å². The van der Waals surface area contributed by atoms with Crippen molar-refractivity contribution in [3.63, 3.8) is 0 Å². The van der Waals surface area contributed by atoms with Crippen LogP contribution >= 0.6 is 0 Å². The molecule has 2 aliphatic rings. The highest BCUT2D eigenvalue weighted by atomic mass is 19.4. The molecule has 1 aromatic rings. The van der Waals surface area contributed by atoms with Crippen molar-refractivity contribution in [1.82, 2.24) is 15.1 Å². The quantitative estimate of drug-likeness (QED) is 0.824. The zero-order chi connectivity index (χ0) is 18.2. The van der Waals surface area contributed by atoms with Gasteiger partial charge in [0.05, 0.1) is 12.1 Å². The molecule has 0 spiro atoms. The van der Waals surface area contributed by atoms with Crippen LogP contribution in [-0.4, -0.2) is 53.3 Å². The van der Waals surface area contributed by atoms with Gasteiger partial charge in [0.25, 0.3) is 5.91 Å².